The highest BCUT2D eigenvalue weighted by molar-refractivity contribution is 5.64. The van der Waals surface area contributed by atoms with E-state index in [1.807, 2.05) is 48.5 Å². The molecule has 4 heteroatoms. The fourth-order valence-corrected chi connectivity index (χ4v) is 2.03. The zero-order valence-electron chi connectivity index (χ0n) is 10.5. The van der Waals surface area contributed by atoms with Crippen molar-refractivity contribution in [3.63, 3.8) is 0 Å². The van der Waals surface area contributed by atoms with E-state index < -0.39 is 6.09 Å². The highest BCUT2D eigenvalue weighted by atomic mass is 16.5. The van der Waals surface area contributed by atoms with E-state index in [4.69, 9.17) is 10.5 Å². The second-order valence-corrected chi connectivity index (χ2v) is 4.17. The highest BCUT2D eigenvalue weighted by Crippen LogP contribution is 2.26. The van der Waals surface area contributed by atoms with Crippen molar-refractivity contribution in [2.24, 2.45) is 5.73 Å². The van der Waals surface area contributed by atoms with Gasteiger partial charge in [0.1, 0.15) is 0 Å². The van der Waals surface area contributed by atoms with Gasteiger partial charge in [-0.3, -0.25) is 4.98 Å². The van der Waals surface area contributed by atoms with Gasteiger partial charge in [0.15, 0.2) is 0 Å². The lowest BCUT2D eigenvalue weighted by atomic mass is 9.92. The molecule has 2 N–H and O–H groups in total. The fourth-order valence-electron chi connectivity index (χ4n) is 2.03. The van der Waals surface area contributed by atoms with Crippen molar-refractivity contribution in [3.05, 3.63) is 66.0 Å². The zero-order chi connectivity index (χ0) is 13.5. The van der Waals surface area contributed by atoms with Crippen LogP contribution in [0.5, 0.6) is 0 Å². The highest BCUT2D eigenvalue weighted by Gasteiger charge is 2.15. The number of benzene rings is 1. The number of pyridine rings is 1. The van der Waals surface area contributed by atoms with Crippen LogP contribution in [0.4, 0.5) is 4.79 Å². The maximum Gasteiger partial charge on any atom is 0.404 e. The van der Waals surface area contributed by atoms with Crippen molar-refractivity contribution in [1.29, 1.82) is 0 Å². The Labute approximate surface area is 112 Å². The summed E-state index contributed by atoms with van der Waals surface area (Å²) in [5.74, 6) is 0.0988. The molecule has 0 saturated heterocycles. The molecule has 98 valence electrons. The number of primary amides is 1. The smallest absolute Gasteiger partial charge is 0.404 e. The third kappa shape index (κ3) is 3.81. The molecular formula is C15H16N2O2. The molecule has 1 unspecified atom stereocenters. The first-order valence-electron chi connectivity index (χ1n) is 6.15. The topological polar surface area (TPSA) is 65.2 Å². The van der Waals surface area contributed by atoms with Gasteiger partial charge in [-0.05, 0) is 24.1 Å². The molecule has 0 aliphatic carbocycles. The summed E-state index contributed by atoms with van der Waals surface area (Å²) in [4.78, 5) is 15.0. The summed E-state index contributed by atoms with van der Waals surface area (Å²) in [6.07, 6.45) is 1.68. The molecular weight excluding hydrogens is 240 g/mol. The van der Waals surface area contributed by atoms with Gasteiger partial charge in [-0.25, -0.2) is 4.79 Å². The SMILES string of the molecule is NC(=O)OCCC(c1ccccc1)c1ccccn1. The maximum absolute atomic E-state index is 10.6. The lowest BCUT2D eigenvalue weighted by Gasteiger charge is -2.16. The summed E-state index contributed by atoms with van der Waals surface area (Å²) in [5, 5.41) is 0. The van der Waals surface area contributed by atoms with Gasteiger partial charge in [0.2, 0.25) is 0 Å². The Morgan fingerprint density at radius 2 is 1.89 bits per heavy atom. The number of aromatic nitrogens is 1. The zero-order valence-corrected chi connectivity index (χ0v) is 10.5. The Balaban J connectivity index is 2.17. The van der Waals surface area contributed by atoms with Crippen LogP contribution in [0.25, 0.3) is 0 Å². The molecule has 1 aromatic carbocycles. The Hall–Kier alpha value is -2.36. The average molecular weight is 256 g/mol. The summed E-state index contributed by atoms with van der Waals surface area (Å²) >= 11 is 0. The number of hydrogen-bond acceptors (Lipinski definition) is 3. The van der Waals surface area contributed by atoms with Crippen molar-refractivity contribution in [2.75, 3.05) is 6.61 Å². The summed E-state index contributed by atoms with van der Waals surface area (Å²) in [7, 11) is 0. The first kappa shape index (κ1) is 13.1. The maximum atomic E-state index is 10.6. The summed E-state index contributed by atoms with van der Waals surface area (Å²) in [6, 6.07) is 15.8. The Morgan fingerprint density at radius 3 is 2.53 bits per heavy atom. The number of hydrogen-bond donors (Lipinski definition) is 1. The van der Waals surface area contributed by atoms with Crippen molar-refractivity contribution >= 4 is 6.09 Å². The van der Waals surface area contributed by atoms with Gasteiger partial charge < -0.3 is 10.5 Å². The molecule has 19 heavy (non-hydrogen) atoms. The van der Waals surface area contributed by atoms with E-state index in [0.717, 1.165) is 11.3 Å². The normalized spacial score (nSPS) is 11.8. The molecule has 0 saturated carbocycles. The minimum absolute atomic E-state index is 0.0988. The minimum atomic E-state index is -0.743. The van der Waals surface area contributed by atoms with E-state index in [0.29, 0.717) is 6.42 Å². The van der Waals surface area contributed by atoms with Gasteiger partial charge in [0, 0.05) is 17.8 Å². The number of ether oxygens (including phenoxy) is 1. The largest absolute Gasteiger partial charge is 0.450 e. The van der Waals surface area contributed by atoms with Crippen molar-refractivity contribution in [1.82, 2.24) is 4.98 Å². The van der Waals surface area contributed by atoms with Crippen LogP contribution in [-0.2, 0) is 4.74 Å². The summed E-state index contributed by atoms with van der Waals surface area (Å²) in [6.45, 7) is 0.283. The van der Waals surface area contributed by atoms with E-state index in [1.54, 1.807) is 6.20 Å². The fraction of sp³-hybridized carbons (Fsp3) is 0.200. The molecule has 1 atom stereocenters. The van der Waals surface area contributed by atoms with Crippen molar-refractivity contribution < 1.29 is 9.53 Å². The predicted molar refractivity (Wildman–Crippen MR) is 72.7 cm³/mol. The molecule has 1 amide bonds. The molecule has 2 rings (SSSR count). The number of amides is 1. The van der Waals surface area contributed by atoms with Crippen LogP contribution in [0.15, 0.2) is 54.7 Å². The standard InChI is InChI=1S/C15H16N2O2/c16-15(18)19-11-9-13(12-6-2-1-3-7-12)14-8-4-5-10-17-14/h1-8,10,13H,9,11H2,(H2,16,18). The molecule has 1 heterocycles. The molecule has 0 spiro atoms. The second-order valence-electron chi connectivity index (χ2n) is 4.17. The van der Waals surface area contributed by atoms with Gasteiger partial charge in [-0.15, -0.1) is 0 Å². The second kappa shape index (κ2) is 6.54. The first-order chi connectivity index (χ1) is 9.27. The lowest BCUT2D eigenvalue weighted by molar-refractivity contribution is 0.154. The van der Waals surface area contributed by atoms with Gasteiger partial charge in [-0.1, -0.05) is 36.4 Å². The predicted octanol–water partition coefficient (Wildman–Crippen LogP) is 2.70. The Morgan fingerprint density at radius 1 is 1.16 bits per heavy atom. The first-order valence-corrected chi connectivity index (χ1v) is 6.15. The van der Waals surface area contributed by atoms with Crippen LogP contribution in [0.3, 0.4) is 0 Å². The number of rotatable bonds is 5. The van der Waals surface area contributed by atoms with Crippen LogP contribution in [-0.4, -0.2) is 17.7 Å². The molecule has 0 aliphatic rings. The van der Waals surface area contributed by atoms with Crippen LogP contribution >= 0.6 is 0 Å². The Bertz CT molecular complexity index is 475. The quantitative estimate of drug-likeness (QED) is 0.894. The number of carbonyl (C=O) groups is 1. The van der Waals surface area contributed by atoms with Gasteiger partial charge in [-0.2, -0.15) is 0 Å². The minimum Gasteiger partial charge on any atom is -0.450 e. The molecule has 0 bridgehead atoms. The van der Waals surface area contributed by atoms with Gasteiger partial charge in [0.05, 0.1) is 6.61 Å². The summed E-state index contributed by atoms with van der Waals surface area (Å²) < 4.78 is 4.83. The number of carbonyl (C=O) groups excluding carboxylic acids is 1. The van der Waals surface area contributed by atoms with E-state index >= 15 is 0 Å². The van der Waals surface area contributed by atoms with E-state index in [9.17, 15) is 4.79 Å². The van der Waals surface area contributed by atoms with Crippen LogP contribution in [0.2, 0.25) is 0 Å². The molecule has 2 aromatic rings. The van der Waals surface area contributed by atoms with Gasteiger partial charge >= 0.3 is 6.09 Å². The lowest BCUT2D eigenvalue weighted by Crippen LogP contribution is -2.16. The molecule has 0 radical (unpaired) electrons. The Kier molecular flexibility index (Phi) is 4.50. The monoisotopic (exact) mass is 256 g/mol. The molecule has 4 nitrogen and oxygen atoms in total. The van der Waals surface area contributed by atoms with Crippen molar-refractivity contribution in [2.45, 2.75) is 12.3 Å². The van der Waals surface area contributed by atoms with E-state index in [2.05, 4.69) is 4.98 Å². The van der Waals surface area contributed by atoms with Crippen LogP contribution in [0.1, 0.15) is 23.6 Å². The van der Waals surface area contributed by atoms with E-state index in [1.165, 1.54) is 0 Å². The number of nitrogens with two attached hydrogens (primary N) is 1. The molecule has 0 fully saturated rings. The van der Waals surface area contributed by atoms with E-state index in [-0.39, 0.29) is 12.5 Å². The molecule has 0 aliphatic heterocycles. The third-order valence-corrected chi connectivity index (χ3v) is 2.90. The number of nitrogens with zero attached hydrogens (tertiary/aromatic N) is 1. The molecule has 1 aromatic heterocycles. The third-order valence-electron chi connectivity index (χ3n) is 2.90. The van der Waals surface area contributed by atoms with Crippen molar-refractivity contribution in [3.8, 4) is 0 Å². The summed E-state index contributed by atoms with van der Waals surface area (Å²) in [5.41, 5.74) is 7.09. The van der Waals surface area contributed by atoms with Crippen LogP contribution < -0.4 is 5.73 Å². The van der Waals surface area contributed by atoms with Gasteiger partial charge in [0.25, 0.3) is 0 Å². The van der Waals surface area contributed by atoms with Crippen LogP contribution in [0, 0.1) is 0 Å². The average Bonchev–Trinajstić information content (AvgIpc) is 2.45.